The Balaban J connectivity index is 2.17. The standard InChI is InChI=1S/C15H20FNOS/c1-14(2,3)19(18)17-10-11-5-6-12(13(16)9-11)15(4)7-8-15/h5-6,9-10H,7-8H2,1-4H3/t19-/m1/s1. The summed E-state index contributed by atoms with van der Waals surface area (Å²) >= 11 is 0. The lowest BCUT2D eigenvalue weighted by atomic mass is 9.97. The molecule has 0 bridgehead atoms. The third kappa shape index (κ3) is 3.30. The summed E-state index contributed by atoms with van der Waals surface area (Å²) in [6.45, 7) is 7.65. The average Bonchev–Trinajstić information content (AvgIpc) is 3.03. The van der Waals surface area contributed by atoms with Crippen molar-refractivity contribution in [3.05, 3.63) is 35.1 Å². The fourth-order valence-corrected chi connectivity index (χ4v) is 2.36. The topological polar surface area (TPSA) is 29.4 Å². The summed E-state index contributed by atoms with van der Waals surface area (Å²) in [5.74, 6) is -0.189. The second-order valence-corrected chi connectivity index (χ2v) is 8.33. The Morgan fingerprint density at radius 1 is 1.37 bits per heavy atom. The van der Waals surface area contributed by atoms with Crippen LogP contribution in [0.2, 0.25) is 0 Å². The zero-order valence-electron chi connectivity index (χ0n) is 11.9. The van der Waals surface area contributed by atoms with E-state index in [1.165, 1.54) is 12.3 Å². The highest BCUT2D eigenvalue weighted by atomic mass is 32.2. The molecule has 104 valence electrons. The van der Waals surface area contributed by atoms with Crippen LogP contribution in [0.4, 0.5) is 4.39 Å². The van der Waals surface area contributed by atoms with Crippen molar-refractivity contribution in [2.24, 2.45) is 4.40 Å². The minimum absolute atomic E-state index is 0.0218. The van der Waals surface area contributed by atoms with Crippen molar-refractivity contribution in [2.75, 3.05) is 0 Å². The summed E-state index contributed by atoms with van der Waals surface area (Å²) < 4.78 is 29.4. The molecule has 1 fully saturated rings. The molecular weight excluding hydrogens is 261 g/mol. The third-order valence-corrected chi connectivity index (χ3v) is 4.81. The van der Waals surface area contributed by atoms with Crippen LogP contribution in [-0.4, -0.2) is 15.2 Å². The van der Waals surface area contributed by atoms with Crippen LogP contribution in [-0.2, 0) is 16.4 Å². The first-order valence-corrected chi connectivity index (χ1v) is 7.59. The predicted octanol–water partition coefficient (Wildman–Crippen LogP) is 3.76. The van der Waals surface area contributed by atoms with Gasteiger partial charge in [0.15, 0.2) is 0 Å². The van der Waals surface area contributed by atoms with Crippen LogP contribution in [0.15, 0.2) is 22.6 Å². The summed E-state index contributed by atoms with van der Waals surface area (Å²) in [6, 6.07) is 5.14. The molecule has 1 aromatic rings. The molecule has 1 aliphatic rings. The molecule has 19 heavy (non-hydrogen) atoms. The zero-order chi connectivity index (χ0) is 14.3. The van der Waals surface area contributed by atoms with Gasteiger partial charge in [0.2, 0.25) is 0 Å². The minimum atomic E-state index is -1.31. The highest BCUT2D eigenvalue weighted by Gasteiger charge is 2.40. The van der Waals surface area contributed by atoms with Crippen LogP contribution in [0.5, 0.6) is 0 Å². The van der Waals surface area contributed by atoms with Crippen LogP contribution >= 0.6 is 0 Å². The Bertz CT molecular complexity index is 542. The smallest absolute Gasteiger partial charge is 0.144 e. The van der Waals surface area contributed by atoms with E-state index in [9.17, 15) is 8.60 Å². The van der Waals surface area contributed by atoms with Crippen molar-refractivity contribution in [3.63, 3.8) is 0 Å². The van der Waals surface area contributed by atoms with Gasteiger partial charge in [-0.1, -0.05) is 19.1 Å². The monoisotopic (exact) mass is 281 g/mol. The molecule has 4 heteroatoms. The van der Waals surface area contributed by atoms with E-state index in [-0.39, 0.29) is 11.2 Å². The van der Waals surface area contributed by atoms with Crippen LogP contribution in [0, 0.1) is 5.82 Å². The predicted molar refractivity (Wildman–Crippen MR) is 78.5 cm³/mol. The van der Waals surface area contributed by atoms with Gasteiger partial charge >= 0.3 is 0 Å². The normalized spacial score (nSPS) is 19.6. The van der Waals surface area contributed by atoms with Gasteiger partial charge in [0, 0.05) is 6.21 Å². The molecule has 0 spiro atoms. The molecule has 0 N–H and O–H groups in total. The quantitative estimate of drug-likeness (QED) is 0.776. The number of halogens is 1. The van der Waals surface area contributed by atoms with Crippen molar-refractivity contribution < 1.29 is 8.60 Å². The number of hydrogen-bond acceptors (Lipinski definition) is 1. The highest BCUT2D eigenvalue weighted by Crippen LogP contribution is 2.48. The maximum Gasteiger partial charge on any atom is 0.144 e. The van der Waals surface area contributed by atoms with Crippen LogP contribution in [0.25, 0.3) is 0 Å². The maximum atomic E-state index is 14.0. The van der Waals surface area contributed by atoms with Gasteiger partial charge in [-0.3, -0.25) is 0 Å². The Kier molecular flexibility index (Phi) is 3.65. The van der Waals surface area contributed by atoms with Gasteiger partial charge in [-0.05, 0) is 56.2 Å². The molecule has 0 aliphatic heterocycles. The second-order valence-electron chi connectivity index (χ2n) is 6.40. The van der Waals surface area contributed by atoms with Crippen molar-refractivity contribution in [3.8, 4) is 0 Å². The molecule has 2 nitrogen and oxygen atoms in total. The molecule has 1 aliphatic carbocycles. The van der Waals surface area contributed by atoms with E-state index >= 15 is 0 Å². The fraction of sp³-hybridized carbons (Fsp3) is 0.533. The Labute approximate surface area is 116 Å². The molecule has 0 radical (unpaired) electrons. The number of hydrogen-bond donors (Lipinski definition) is 0. The third-order valence-electron chi connectivity index (χ3n) is 3.46. The summed E-state index contributed by atoms with van der Waals surface area (Å²) in [5, 5.41) is 0. The lowest BCUT2D eigenvalue weighted by molar-refractivity contribution is 0.586. The van der Waals surface area contributed by atoms with E-state index in [2.05, 4.69) is 11.3 Å². The first-order valence-electron chi connectivity index (χ1n) is 6.48. The molecule has 1 aromatic carbocycles. The zero-order valence-corrected chi connectivity index (χ0v) is 12.7. The molecule has 2 rings (SSSR count). The van der Waals surface area contributed by atoms with Crippen molar-refractivity contribution in [1.82, 2.24) is 0 Å². The van der Waals surface area contributed by atoms with Crippen molar-refractivity contribution in [1.29, 1.82) is 0 Å². The molecular formula is C15H20FNOS. The largest absolute Gasteiger partial charge is 0.234 e. The summed E-state index contributed by atoms with van der Waals surface area (Å²) in [7, 11) is -1.31. The summed E-state index contributed by atoms with van der Waals surface area (Å²) in [5.41, 5.74) is 1.46. The Morgan fingerprint density at radius 3 is 2.47 bits per heavy atom. The second kappa shape index (κ2) is 4.82. The molecule has 0 heterocycles. The summed E-state index contributed by atoms with van der Waals surface area (Å²) in [4.78, 5) is 0. The van der Waals surface area contributed by atoms with Crippen LogP contribution in [0.3, 0.4) is 0 Å². The van der Waals surface area contributed by atoms with Crippen LogP contribution < -0.4 is 0 Å². The minimum Gasteiger partial charge on any atom is -0.234 e. The van der Waals surface area contributed by atoms with Crippen LogP contribution in [0.1, 0.15) is 51.7 Å². The van der Waals surface area contributed by atoms with Crippen molar-refractivity contribution in [2.45, 2.75) is 50.7 Å². The van der Waals surface area contributed by atoms with E-state index in [0.717, 1.165) is 18.4 Å². The molecule has 0 amide bonds. The molecule has 0 unspecified atom stereocenters. The molecule has 0 aromatic heterocycles. The number of benzene rings is 1. The van der Waals surface area contributed by atoms with E-state index < -0.39 is 15.7 Å². The lowest BCUT2D eigenvalue weighted by Gasteiger charge is -2.13. The first-order chi connectivity index (χ1) is 8.72. The molecule has 1 saturated carbocycles. The van der Waals surface area contributed by atoms with Gasteiger partial charge in [0.05, 0.1) is 4.75 Å². The number of nitrogens with zero attached hydrogens (tertiary/aromatic N) is 1. The van der Waals surface area contributed by atoms with E-state index in [0.29, 0.717) is 5.56 Å². The lowest BCUT2D eigenvalue weighted by Crippen LogP contribution is -2.19. The van der Waals surface area contributed by atoms with Gasteiger partial charge in [0.1, 0.15) is 16.8 Å². The average molecular weight is 281 g/mol. The summed E-state index contributed by atoms with van der Waals surface area (Å²) in [6.07, 6.45) is 3.58. The van der Waals surface area contributed by atoms with E-state index in [1.54, 1.807) is 0 Å². The molecule has 0 saturated heterocycles. The highest BCUT2D eigenvalue weighted by molar-refractivity contribution is 7.85. The molecule has 1 atom stereocenters. The SMILES string of the molecule is CC1(c2ccc(C=N[S@](=O)C(C)(C)C)cc2F)CC1. The Morgan fingerprint density at radius 2 is 2.00 bits per heavy atom. The fourth-order valence-electron chi connectivity index (χ4n) is 1.82. The van der Waals surface area contributed by atoms with Crippen molar-refractivity contribution >= 4 is 17.2 Å². The van der Waals surface area contributed by atoms with E-state index in [4.69, 9.17) is 0 Å². The van der Waals surface area contributed by atoms with Gasteiger partial charge in [-0.15, -0.1) is 0 Å². The van der Waals surface area contributed by atoms with E-state index in [1.807, 2.05) is 32.9 Å². The first kappa shape index (κ1) is 14.4. The van der Waals surface area contributed by atoms with Gasteiger partial charge in [0.25, 0.3) is 0 Å². The number of rotatable bonds is 3. The van der Waals surface area contributed by atoms with Gasteiger partial charge in [-0.25, -0.2) is 8.60 Å². The Hall–Kier alpha value is -1.03. The van der Waals surface area contributed by atoms with Gasteiger partial charge in [-0.2, -0.15) is 4.40 Å². The maximum absolute atomic E-state index is 14.0. The van der Waals surface area contributed by atoms with Gasteiger partial charge < -0.3 is 0 Å².